The fourth-order valence-corrected chi connectivity index (χ4v) is 7.61. The van der Waals surface area contributed by atoms with Crippen LogP contribution in [0.2, 0.25) is 0 Å². The molecule has 3 nitrogen and oxygen atoms in total. The first kappa shape index (κ1) is 28.3. The normalized spacial score (nSPS) is 11.2. The van der Waals surface area contributed by atoms with Gasteiger partial charge in [0, 0.05) is 16.3 Å². The predicted molar refractivity (Wildman–Crippen MR) is 202 cm³/mol. The van der Waals surface area contributed by atoms with Crippen molar-refractivity contribution in [2.75, 3.05) is 0 Å². The van der Waals surface area contributed by atoms with Gasteiger partial charge < -0.3 is 4.57 Å². The number of nitriles is 2. The zero-order valence-electron chi connectivity index (χ0n) is 26.4. The summed E-state index contributed by atoms with van der Waals surface area (Å²) in [6.45, 7) is 0. The highest BCUT2D eigenvalue weighted by Crippen LogP contribution is 2.45. The molecule has 1 aromatic heterocycles. The van der Waals surface area contributed by atoms with Crippen molar-refractivity contribution in [3.8, 4) is 51.2 Å². The Morgan fingerprint density at radius 3 is 1.41 bits per heavy atom. The molecule has 0 amide bonds. The molecule has 0 spiro atoms. The summed E-state index contributed by atoms with van der Waals surface area (Å²) in [6, 6.07) is 61.4. The number of para-hydroxylation sites is 2. The lowest BCUT2D eigenvalue weighted by atomic mass is 9.85. The van der Waals surface area contributed by atoms with Crippen LogP contribution >= 0.6 is 0 Å². The van der Waals surface area contributed by atoms with Gasteiger partial charge in [-0.15, -0.1) is 0 Å². The summed E-state index contributed by atoms with van der Waals surface area (Å²) in [5.74, 6) is 0. The maximum atomic E-state index is 10.6. The van der Waals surface area contributed by atoms with Gasteiger partial charge in [0.2, 0.25) is 0 Å². The number of hydrogen-bond acceptors (Lipinski definition) is 2. The van der Waals surface area contributed by atoms with Crippen LogP contribution in [0.4, 0.5) is 0 Å². The number of nitrogens with zero attached hydrogens (tertiary/aromatic N) is 3. The van der Waals surface area contributed by atoms with E-state index in [9.17, 15) is 10.5 Å². The zero-order chi connectivity index (χ0) is 32.9. The van der Waals surface area contributed by atoms with E-state index in [1.54, 1.807) is 6.07 Å². The van der Waals surface area contributed by atoms with Crippen LogP contribution in [0.25, 0.3) is 82.4 Å². The number of aromatic nitrogens is 1. The molecule has 0 aliphatic carbocycles. The van der Waals surface area contributed by atoms with Crippen LogP contribution in [0.15, 0.2) is 164 Å². The molecule has 49 heavy (non-hydrogen) atoms. The third-order valence-electron chi connectivity index (χ3n) is 9.62. The zero-order valence-corrected chi connectivity index (χ0v) is 26.4. The summed E-state index contributed by atoms with van der Waals surface area (Å²) < 4.78 is 2.19. The number of hydrogen-bond donors (Lipinski definition) is 0. The first-order valence-electron chi connectivity index (χ1n) is 16.3. The van der Waals surface area contributed by atoms with Crippen LogP contribution < -0.4 is 0 Å². The van der Waals surface area contributed by atoms with Crippen LogP contribution in [0, 0.1) is 22.7 Å². The van der Waals surface area contributed by atoms with Crippen LogP contribution in [0.5, 0.6) is 0 Å². The van der Waals surface area contributed by atoms with Gasteiger partial charge in [-0.05, 0) is 79.7 Å². The molecule has 0 N–H and O–H groups in total. The van der Waals surface area contributed by atoms with Gasteiger partial charge in [-0.1, -0.05) is 133 Å². The summed E-state index contributed by atoms with van der Waals surface area (Å²) in [7, 11) is 0. The van der Waals surface area contributed by atoms with E-state index in [1.807, 2.05) is 30.3 Å². The lowest BCUT2D eigenvalue weighted by Gasteiger charge is -2.19. The molecule has 0 unspecified atom stereocenters. The average molecular weight is 622 g/mol. The van der Waals surface area contributed by atoms with Crippen molar-refractivity contribution >= 4 is 43.4 Å². The van der Waals surface area contributed by atoms with Gasteiger partial charge in [0.15, 0.2) is 0 Å². The summed E-state index contributed by atoms with van der Waals surface area (Å²) in [6.07, 6.45) is 0. The largest absolute Gasteiger partial charge is 0.307 e. The first-order valence-corrected chi connectivity index (χ1v) is 16.3. The Labute approximate surface area is 283 Å². The van der Waals surface area contributed by atoms with Crippen molar-refractivity contribution in [1.82, 2.24) is 4.57 Å². The van der Waals surface area contributed by atoms with E-state index in [-0.39, 0.29) is 0 Å². The Hall–Kier alpha value is -6.94. The summed E-state index contributed by atoms with van der Waals surface area (Å²) in [4.78, 5) is 0. The number of benzene rings is 8. The monoisotopic (exact) mass is 621 g/mol. The minimum Gasteiger partial charge on any atom is -0.307 e. The maximum Gasteiger partial charge on any atom is 0.101 e. The van der Waals surface area contributed by atoms with Gasteiger partial charge in [-0.3, -0.25) is 0 Å². The van der Waals surface area contributed by atoms with E-state index in [4.69, 9.17) is 0 Å². The fourth-order valence-electron chi connectivity index (χ4n) is 7.61. The lowest BCUT2D eigenvalue weighted by molar-refractivity contribution is 1.17. The van der Waals surface area contributed by atoms with Gasteiger partial charge in [-0.25, -0.2) is 0 Å². The van der Waals surface area contributed by atoms with Gasteiger partial charge in [0.1, 0.15) is 6.07 Å². The van der Waals surface area contributed by atoms with Gasteiger partial charge in [0.25, 0.3) is 0 Å². The highest BCUT2D eigenvalue weighted by atomic mass is 15.0. The van der Waals surface area contributed by atoms with Crippen LogP contribution in [0.1, 0.15) is 11.1 Å². The molecule has 0 radical (unpaired) electrons. The molecular formula is C46H27N3. The molecule has 0 fully saturated rings. The molecule has 3 heteroatoms. The Kier molecular flexibility index (Phi) is 6.58. The maximum absolute atomic E-state index is 10.6. The fraction of sp³-hybridized carbons (Fsp3) is 0. The molecule has 1 heterocycles. The number of fused-ring (bicyclic) bond motifs is 5. The molecule has 0 aliphatic rings. The second-order valence-corrected chi connectivity index (χ2v) is 12.3. The van der Waals surface area contributed by atoms with Crippen molar-refractivity contribution in [3.05, 3.63) is 175 Å². The molecule has 0 atom stereocenters. The minimum atomic E-state index is 0.449. The van der Waals surface area contributed by atoms with Gasteiger partial charge in [-0.2, -0.15) is 10.5 Å². The Morgan fingerprint density at radius 1 is 0.388 bits per heavy atom. The summed E-state index contributed by atoms with van der Waals surface area (Å²) in [5, 5.41) is 27.6. The van der Waals surface area contributed by atoms with Crippen LogP contribution in [0.3, 0.4) is 0 Å². The quantitative estimate of drug-likeness (QED) is 0.184. The van der Waals surface area contributed by atoms with E-state index in [0.29, 0.717) is 11.1 Å². The van der Waals surface area contributed by atoms with Gasteiger partial charge >= 0.3 is 0 Å². The van der Waals surface area contributed by atoms with E-state index in [2.05, 4.69) is 144 Å². The van der Waals surface area contributed by atoms with Crippen molar-refractivity contribution in [2.24, 2.45) is 0 Å². The van der Waals surface area contributed by atoms with Crippen molar-refractivity contribution in [3.63, 3.8) is 0 Å². The predicted octanol–water partition coefficient (Wildman–Crippen LogP) is 11.8. The highest BCUT2D eigenvalue weighted by Gasteiger charge is 2.21. The summed E-state index contributed by atoms with van der Waals surface area (Å²) >= 11 is 0. The molecule has 0 saturated heterocycles. The standard InChI is InChI=1S/C46H27N3/c47-28-30-25-34(29-48)46(49-42-23-10-8-17-35(42)36-18-9-11-24-43(36)49)41(26-30)32-15-12-16-33(27-32)45-39-21-6-4-19-37(39)44(31-13-2-1-3-14-31)38-20-5-7-22-40(38)45/h1-27H. The second kappa shape index (κ2) is 11.4. The molecule has 226 valence electrons. The Balaban J connectivity index is 1.36. The average Bonchev–Trinajstić information content (AvgIpc) is 3.50. The minimum absolute atomic E-state index is 0.449. The molecule has 0 bridgehead atoms. The highest BCUT2D eigenvalue weighted by molar-refractivity contribution is 6.21. The molecule has 9 rings (SSSR count). The molecule has 0 aliphatic heterocycles. The van der Waals surface area contributed by atoms with Crippen molar-refractivity contribution < 1.29 is 0 Å². The van der Waals surface area contributed by atoms with E-state index < -0.39 is 0 Å². The van der Waals surface area contributed by atoms with E-state index in [1.165, 1.54) is 32.7 Å². The lowest BCUT2D eigenvalue weighted by Crippen LogP contribution is -2.02. The SMILES string of the molecule is N#Cc1cc(C#N)c(-n2c3ccccc3c3ccccc32)c(-c2cccc(-c3c4ccccc4c(-c4ccccc4)c4ccccc34)c2)c1. The third-order valence-corrected chi connectivity index (χ3v) is 9.62. The Bertz CT molecular complexity index is 2740. The Morgan fingerprint density at radius 2 is 0.857 bits per heavy atom. The van der Waals surface area contributed by atoms with Crippen LogP contribution in [-0.2, 0) is 0 Å². The topological polar surface area (TPSA) is 52.5 Å². The summed E-state index contributed by atoms with van der Waals surface area (Å²) in [5.41, 5.74) is 10.1. The first-order chi connectivity index (χ1) is 24.2. The molecule has 9 aromatic rings. The van der Waals surface area contributed by atoms with Crippen LogP contribution in [-0.4, -0.2) is 4.57 Å². The third kappa shape index (κ3) is 4.42. The number of rotatable bonds is 4. The smallest absolute Gasteiger partial charge is 0.101 e. The second-order valence-electron chi connectivity index (χ2n) is 12.3. The van der Waals surface area contributed by atoms with E-state index in [0.717, 1.165) is 49.7 Å². The molecular weight excluding hydrogens is 595 g/mol. The van der Waals surface area contributed by atoms with Gasteiger partial charge in [0.05, 0.1) is 33.9 Å². The molecule has 0 saturated carbocycles. The van der Waals surface area contributed by atoms with Crippen molar-refractivity contribution in [1.29, 1.82) is 10.5 Å². The molecule has 8 aromatic carbocycles. The van der Waals surface area contributed by atoms with E-state index >= 15 is 0 Å². The van der Waals surface area contributed by atoms with Crippen molar-refractivity contribution in [2.45, 2.75) is 0 Å².